The van der Waals surface area contributed by atoms with E-state index in [9.17, 15) is 4.79 Å². The van der Waals surface area contributed by atoms with Gasteiger partial charge in [0.05, 0.1) is 5.75 Å². The normalized spacial score (nSPS) is 10.1. The molecular formula is C12H11ClN4O2S. The molecule has 6 nitrogen and oxygen atoms in total. The van der Waals surface area contributed by atoms with Gasteiger partial charge in [-0.25, -0.2) is 15.8 Å². The lowest BCUT2D eigenvalue weighted by Crippen LogP contribution is -2.31. The standard InChI is InChI=1S/C12H11ClN4O2S/c13-8-1-3-9(4-2-8)19-11-5-12(16-7-15-11)20-6-10(18)17-14/h1-5,7H,6,14H2,(H,17,18). The van der Waals surface area contributed by atoms with E-state index in [1.54, 1.807) is 30.3 Å². The van der Waals surface area contributed by atoms with E-state index in [1.807, 2.05) is 5.43 Å². The average Bonchev–Trinajstić information content (AvgIpc) is 2.47. The first kappa shape index (κ1) is 14.6. The second kappa shape index (κ2) is 7.09. The van der Waals surface area contributed by atoms with Crippen molar-refractivity contribution >= 4 is 29.3 Å². The van der Waals surface area contributed by atoms with Gasteiger partial charge < -0.3 is 4.74 Å². The lowest BCUT2D eigenvalue weighted by Gasteiger charge is -2.05. The molecule has 1 heterocycles. The Kier molecular flexibility index (Phi) is 5.16. The van der Waals surface area contributed by atoms with Gasteiger partial charge in [0, 0.05) is 11.1 Å². The van der Waals surface area contributed by atoms with Crippen LogP contribution in [0.5, 0.6) is 11.6 Å². The van der Waals surface area contributed by atoms with E-state index in [1.165, 1.54) is 18.1 Å². The van der Waals surface area contributed by atoms with Crippen molar-refractivity contribution in [2.24, 2.45) is 5.84 Å². The summed E-state index contributed by atoms with van der Waals surface area (Å²) in [6, 6.07) is 8.56. The van der Waals surface area contributed by atoms with Crippen LogP contribution in [0, 0.1) is 0 Å². The molecule has 0 radical (unpaired) electrons. The third-order valence-corrected chi connectivity index (χ3v) is 3.34. The van der Waals surface area contributed by atoms with Gasteiger partial charge in [-0.3, -0.25) is 10.2 Å². The Morgan fingerprint density at radius 3 is 2.80 bits per heavy atom. The van der Waals surface area contributed by atoms with Gasteiger partial charge in [-0.05, 0) is 24.3 Å². The zero-order valence-electron chi connectivity index (χ0n) is 10.2. The zero-order chi connectivity index (χ0) is 14.4. The van der Waals surface area contributed by atoms with Gasteiger partial charge in [0.15, 0.2) is 0 Å². The number of hydrogen-bond acceptors (Lipinski definition) is 6. The van der Waals surface area contributed by atoms with Crippen LogP contribution in [0.1, 0.15) is 0 Å². The number of hydrogen-bond donors (Lipinski definition) is 2. The van der Waals surface area contributed by atoms with Gasteiger partial charge in [0.25, 0.3) is 0 Å². The Labute approximate surface area is 124 Å². The Morgan fingerprint density at radius 2 is 2.10 bits per heavy atom. The molecule has 0 saturated heterocycles. The molecule has 0 spiro atoms. The Morgan fingerprint density at radius 1 is 1.35 bits per heavy atom. The lowest BCUT2D eigenvalue weighted by molar-refractivity contribution is -0.118. The molecule has 2 rings (SSSR count). The van der Waals surface area contributed by atoms with Crippen LogP contribution in [0.2, 0.25) is 5.02 Å². The van der Waals surface area contributed by atoms with E-state index in [2.05, 4.69) is 9.97 Å². The Bertz CT molecular complexity index is 594. The number of ether oxygens (including phenoxy) is 1. The summed E-state index contributed by atoms with van der Waals surface area (Å²) >= 11 is 7.03. The van der Waals surface area contributed by atoms with Crippen LogP contribution >= 0.6 is 23.4 Å². The number of amides is 1. The van der Waals surface area contributed by atoms with Gasteiger partial charge in [0.1, 0.15) is 17.1 Å². The number of halogens is 1. The van der Waals surface area contributed by atoms with E-state index < -0.39 is 0 Å². The monoisotopic (exact) mass is 310 g/mol. The average molecular weight is 311 g/mol. The minimum Gasteiger partial charge on any atom is -0.439 e. The smallest absolute Gasteiger partial charge is 0.244 e. The maximum atomic E-state index is 11.0. The SMILES string of the molecule is NNC(=O)CSc1cc(Oc2ccc(Cl)cc2)ncn1. The quantitative estimate of drug-likeness (QED) is 0.289. The third kappa shape index (κ3) is 4.37. The largest absolute Gasteiger partial charge is 0.439 e. The van der Waals surface area contributed by atoms with Crippen molar-refractivity contribution in [2.75, 3.05) is 5.75 Å². The van der Waals surface area contributed by atoms with Crippen LogP contribution in [0.4, 0.5) is 0 Å². The van der Waals surface area contributed by atoms with Crippen molar-refractivity contribution in [3.63, 3.8) is 0 Å². The summed E-state index contributed by atoms with van der Waals surface area (Å²) in [5, 5.41) is 1.25. The number of nitrogens with zero attached hydrogens (tertiary/aromatic N) is 2. The summed E-state index contributed by atoms with van der Waals surface area (Å²) in [4.78, 5) is 19.1. The Balaban J connectivity index is 2.02. The fraction of sp³-hybridized carbons (Fsp3) is 0.0833. The molecule has 2 aromatic rings. The van der Waals surface area contributed by atoms with Crippen LogP contribution in [0.25, 0.3) is 0 Å². The minimum absolute atomic E-state index is 0.175. The highest BCUT2D eigenvalue weighted by atomic mass is 35.5. The number of rotatable bonds is 5. The first-order chi connectivity index (χ1) is 9.67. The first-order valence-electron chi connectivity index (χ1n) is 5.55. The highest BCUT2D eigenvalue weighted by molar-refractivity contribution is 7.99. The fourth-order valence-corrected chi connectivity index (χ4v) is 2.06. The van der Waals surface area contributed by atoms with E-state index in [-0.39, 0.29) is 11.7 Å². The highest BCUT2D eigenvalue weighted by Gasteiger charge is 2.05. The summed E-state index contributed by atoms with van der Waals surface area (Å²) in [6.45, 7) is 0. The van der Waals surface area contributed by atoms with E-state index in [0.29, 0.717) is 21.7 Å². The lowest BCUT2D eigenvalue weighted by atomic mass is 10.3. The number of aromatic nitrogens is 2. The van der Waals surface area contributed by atoms with E-state index in [0.717, 1.165) is 0 Å². The number of nitrogens with one attached hydrogen (secondary N) is 1. The van der Waals surface area contributed by atoms with Crippen LogP contribution in [-0.2, 0) is 4.79 Å². The number of nitrogens with two attached hydrogens (primary N) is 1. The Hall–Kier alpha value is -1.83. The van der Waals surface area contributed by atoms with Gasteiger partial charge in [-0.1, -0.05) is 23.4 Å². The van der Waals surface area contributed by atoms with Crippen LogP contribution in [-0.4, -0.2) is 21.6 Å². The van der Waals surface area contributed by atoms with Crippen LogP contribution in [0.15, 0.2) is 41.7 Å². The summed E-state index contributed by atoms with van der Waals surface area (Å²) in [5.74, 6) is 5.89. The van der Waals surface area contributed by atoms with Crippen LogP contribution in [0.3, 0.4) is 0 Å². The van der Waals surface area contributed by atoms with Crippen molar-refractivity contribution in [3.8, 4) is 11.6 Å². The molecule has 0 aliphatic rings. The second-order valence-corrected chi connectivity index (χ2v) is 5.04. The maximum absolute atomic E-state index is 11.0. The number of benzene rings is 1. The van der Waals surface area contributed by atoms with E-state index >= 15 is 0 Å². The zero-order valence-corrected chi connectivity index (χ0v) is 11.8. The van der Waals surface area contributed by atoms with Crippen molar-refractivity contribution in [3.05, 3.63) is 41.7 Å². The predicted molar refractivity (Wildman–Crippen MR) is 76.6 cm³/mol. The van der Waals surface area contributed by atoms with Gasteiger partial charge in [-0.15, -0.1) is 0 Å². The van der Waals surface area contributed by atoms with Crippen molar-refractivity contribution < 1.29 is 9.53 Å². The molecule has 0 bridgehead atoms. The molecule has 1 aromatic heterocycles. The molecule has 0 fully saturated rings. The third-order valence-electron chi connectivity index (χ3n) is 2.17. The predicted octanol–water partition coefficient (Wildman–Crippen LogP) is 2.00. The van der Waals surface area contributed by atoms with E-state index in [4.69, 9.17) is 22.2 Å². The molecule has 0 aliphatic carbocycles. The molecule has 3 N–H and O–H groups in total. The molecule has 8 heteroatoms. The maximum Gasteiger partial charge on any atom is 0.244 e. The molecular weight excluding hydrogens is 300 g/mol. The molecule has 104 valence electrons. The van der Waals surface area contributed by atoms with Crippen molar-refractivity contribution in [1.29, 1.82) is 0 Å². The van der Waals surface area contributed by atoms with Crippen molar-refractivity contribution in [2.45, 2.75) is 5.03 Å². The molecule has 0 unspecified atom stereocenters. The number of hydrazine groups is 1. The fourth-order valence-electron chi connectivity index (χ4n) is 1.26. The van der Waals surface area contributed by atoms with Crippen molar-refractivity contribution in [1.82, 2.24) is 15.4 Å². The highest BCUT2D eigenvalue weighted by Crippen LogP contribution is 2.24. The topological polar surface area (TPSA) is 90.1 Å². The molecule has 0 atom stereocenters. The summed E-state index contributed by atoms with van der Waals surface area (Å²) in [5.41, 5.74) is 2.05. The first-order valence-corrected chi connectivity index (χ1v) is 6.91. The number of carbonyl (C=O) groups excluding carboxylic acids is 1. The van der Waals surface area contributed by atoms with Gasteiger partial charge in [-0.2, -0.15) is 0 Å². The molecule has 1 aromatic carbocycles. The summed E-state index contributed by atoms with van der Waals surface area (Å²) in [7, 11) is 0. The molecule has 20 heavy (non-hydrogen) atoms. The number of carbonyl (C=O) groups is 1. The number of thioether (sulfide) groups is 1. The molecule has 0 saturated carbocycles. The second-order valence-electron chi connectivity index (χ2n) is 3.61. The molecule has 0 aliphatic heterocycles. The summed E-state index contributed by atoms with van der Waals surface area (Å²) in [6.07, 6.45) is 1.37. The minimum atomic E-state index is -0.284. The summed E-state index contributed by atoms with van der Waals surface area (Å²) < 4.78 is 5.56. The van der Waals surface area contributed by atoms with Gasteiger partial charge >= 0.3 is 0 Å². The molecule has 1 amide bonds. The van der Waals surface area contributed by atoms with Crippen LogP contribution < -0.4 is 16.0 Å². The van der Waals surface area contributed by atoms with Gasteiger partial charge in [0.2, 0.25) is 11.8 Å².